The van der Waals surface area contributed by atoms with Crippen LogP contribution in [0.25, 0.3) is 0 Å². The molecular formula is C8H15FO2. The number of hydrogen-bond donors (Lipinski definition) is 0. The Morgan fingerprint density at radius 2 is 2.36 bits per heavy atom. The molecule has 1 rings (SSSR count). The second-order valence-corrected chi connectivity index (χ2v) is 3.34. The highest BCUT2D eigenvalue weighted by Crippen LogP contribution is 2.33. The molecule has 0 spiro atoms. The van der Waals surface area contributed by atoms with Gasteiger partial charge in [-0.2, -0.15) is 0 Å². The lowest BCUT2D eigenvalue weighted by molar-refractivity contribution is -0.0131. The average molecular weight is 162 g/mol. The molecule has 1 saturated heterocycles. The Morgan fingerprint density at radius 1 is 1.73 bits per heavy atom. The first-order valence-electron chi connectivity index (χ1n) is 3.89. The molecule has 0 bridgehead atoms. The van der Waals surface area contributed by atoms with E-state index in [0.29, 0.717) is 13.0 Å². The van der Waals surface area contributed by atoms with E-state index in [-0.39, 0.29) is 12.2 Å². The van der Waals surface area contributed by atoms with Crippen LogP contribution in [0, 0.1) is 0 Å². The van der Waals surface area contributed by atoms with Gasteiger partial charge >= 0.3 is 0 Å². The molecule has 66 valence electrons. The first kappa shape index (κ1) is 8.94. The van der Waals surface area contributed by atoms with Gasteiger partial charge in [0.2, 0.25) is 0 Å². The van der Waals surface area contributed by atoms with Crippen molar-refractivity contribution in [1.82, 2.24) is 0 Å². The minimum Gasteiger partial charge on any atom is -0.382 e. The summed E-state index contributed by atoms with van der Waals surface area (Å²) in [6.45, 7) is 3.83. The summed E-state index contributed by atoms with van der Waals surface area (Å²) in [6, 6.07) is 0. The van der Waals surface area contributed by atoms with Crippen molar-refractivity contribution in [3.05, 3.63) is 0 Å². The van der Waals surface area contributed by atoms with Gasteiger partial charge in [-0.05, 0) is 13.8 Å². The number of ether oxygens (including phenoxy) is 2. The van der Waals surface area contributed by atoms with Crippen molar-refractivity contribution < 1.29 is 13.9 Å². The van der Waals surface area contributed by atoms with E-state index in [1.54, 1.807) is 21.0 Å². The van der Waals surface area contributed by atoms with E-state index in [2.05, 4.69) is 0 Å². The number of halogens is 1. The highest BCUT2D eigenvalue weighted by atomic mass is 19.1. The minimum absolute atomic E-state index is 0.0648. The zero-order valence-electron chi connectivity index (χ0n) is 7.26. The minimum atomic E-state index is -1.18. The Morgan fingerprint density at radius 3 is 2.73 bits per heavy atom. The molecule has 11 heavy (non-hydrogen) atoms. The van der Waals surface area contributed by atoms with Crippen LogP contribution >= 0.6 is 0 Å². The Bertz CT molecular complexity index is 136. The maximum absolute atomic E-state index is 13.4. The van der Waals surface area contributed by atoms with E-state index in [1.165, 1.54) is 0 Å². The second-order valence-electron chi connectivity index (χ2n) is 3.34. The van der Waals surface area contributed by atoms with Crippen molar-refractivity contribution in [2.75, 3.05) is 13.7 Å². The Balaban J connectivity index is 2.43. The van der Waals surface area contributed by atoms with Gasteiger partial charge in [-0.25, -0.2) is 4.39 Å². The summed E-state index contributed by atoms with van der Waals surface area (Å²) in [7, 11) is 1.60. The first-order chi connectivity index (χ1) is 5.06. The maximum atomic E-state index is 13.4. The molecule has 0 N–H and O–H groups in total. The van der Waals surface area contributed by atoms with Crippen molar-refractivity contribution in [2.24, 2.45) is 0 Å². The molecule has 0 amide bonds. The molecule has 0 aromatic heterocycles. The smallest absolute Gasteiger partial charge is 0.136 e. The number of alkyl halides is 1. The molecule has 1 aliphatic rings. The lowest BCUT2D eigenvalue weighted by Gasteiger charge is -2.15. The standard InChI is InChI=1S/C8H15FO2/c1-6-8(2,9)4-7(11-6)5-10-3/h6-7H,4-5H2,1-3H3/t6-,7-,8+/m0/s1. The molecule has 3 atom stereocenters. The van der Waals surface area contributed by atoms with Crippen LogP contribution in [-0.4, -0.2) is 31.6 Å². The van der Waals surface area contributed by atoms with Gasteiger partial charge < -0.3 is 9.47 Å². The average Bonchev–Trinajstić information content (AvgIpc) is 2.08. The Hall–Kier alpha value is -0.150. The topological polar surface area (TPSA) is 18.5 Å². The van der Waals surface area contributed by atoms with Crippen LogP contribution in [0.4, 0.5) is 4.39 Å². The van der Waals surface area contributed by atoms with Crippen LogP contribution in [-0.2, 0) is 9.47 Å². The molecule has 0 aliphatic carbocycles. The number of methoxy groups -OCH3 is 1. The van der Waals surface area contributed by atoms with E-state index < -0.39 is 5.67 Å². The zero-order valence-corrected chi connectivity index (χ0v) is 7.26. The van der Waals surface area contributed by atoms with Gasteiger partial charge in [0.25, 0.3) is 0 Å². The monoisotopic (exact) mass is 162 g/mol. The molecule has 2 nitrogen and oxygen atoms in total. The highest BCUT2D eigenvalue weighted by Gasteiger charge is 2.42. The lowest BCUT2D eigenvalue weighted by atomic mass is 10.00. The van der Waals surface area contributed by atoms with E-state index in [0.717, 1.165) is 0 Å². The van der Waals surface area contributed by atoms with Gasteiger partial charge in [-0.3, -0.25) is 0 Å². The summed E-state index contributed by atoms with van der Waals surface area (Å²) in [6.07, 6.45) is 0.0785. The van der Waals surface area contributed by atoms with Crippen molar-refractivity contribution in [3.63, 3.8) is 0 Å². The summed E-state index contributed by atoms with van der Waals surface area (Å²) in [5.74, 6) is 0. The SMILES string of the molecule is COC[C@@H]1C[C@@](C)(F)[C@H](C)O1. The summed E-state index contributed by atoms with van der Waals surface area (Å²) in [4.78, 5) is 0. The second kappa shape index (κ2) is 3.07. The van der Waals surface area contributed by atoms with Crippen LogP contribution in [0.15, 0.2) is 0 Å². The molecule has 1 aliphatic heterocycles. The molecule has 0 unspecified atom stereocenters. The molecular weight excluding hydrogens is 147 g/mol. The lowest BCUT2D eigenvalue weighted by Crippen LogP contribution is -2.26. The third kappa shape index (κ3) is 1.91. The van der Waals surface area contributed by atoms with Gasteiger partial charge in [-0.1, -0.05) is 0 Å². The Labute approximate surface area is 66.7 Å². The fourth-order valence-electron chi connectivity index (χ4n) is 1.37. The first-order valence-corrected chi connectivity index (χ1v) is 3.89. The van der Waals surface area contributed by atoms with Gasteiger partial charge in [0.05, 0.1) is 18.8 Å². The zero-order chi connectivity index (χ0) is 8.48. The van der Waals surface area contributed by atoms with Crippen molar-refractivity contribution in [2.45, 2.75) is 38.1 Å². The Kier molecular flexibility index (Phi) is 2.50. The molecule has 0 saturated carbocycles. The van der Waals surface area contributed by atoms with Gasteiger partial charge in [0.15, 0.2) is 0 Å². The van der Waals surface area contributed by atoms with Crippen molar-refractivity contribution in [1.29, 1.82) is 0 Å². The predicted molar refractivity (Wildman–Crippen MR) is 40.3 cm³/mol. The number of hydrogen-bond acceptors (Lipinski definition) is 2. The summed E-state index contributed by atoms with van der Waals surface area (Å²) < 4.78 is 23.6. The van der Waals surface area contributed by atoms with Crippen LogP contribution in [0.2, 0.25) is 0 Å². The molecule has 0 radical (unpaired) electrons. The third-order valence-electron chi connectivity index (χ3n) is 2.22. The fraction of sp³-hybridized carbons (Fsp3) is 1.00. The maximum Gasteiger partial charge on any atom is 0.136 e. The van der Waals surface area contributed by atoms with Crippen LogP contribution < -0.4 is 0 Å². The van der Waals surface area contributed by atoms with E-state index in [4.69, 9.17) is 9.47 Å². The molecule has 3 heteroatoms. The normalized spacial score (nSPS) is 44.7. The van der Waals surface area contributed by atoms with Gasteiger partial charge in [-0.15, -0.1) is 0 Å². The van der Waals surface area contributed by atoms with E-state index in [9.17, 15) is 4.39 Å². The highest BCUT2D eigenvalue weighted by molar-refractivity contribution is 4.90. The molecule has 1 heterocycles. The number of rotatable bonds is 2. The van der Waals surface area contributed by atoms with Crippen molar-refractivity contribution >= 4 is 0 Å². The molecule has 0 aromatic carbocycles. The van der Waals surface area contributed by atoms with Crippen LogP contribution in [0.1, 0.15) is 20.3 Å². The summed E-state index contributed by atoms with van der Waals surface area (Å²) in [5, 5.41) is 0. The van der Waals surface area contributed by atoms with Crippen LogP contribution in [0.5, 0.6) is 0 Å². The third-order valence-corrected chi connectivity index (χ3v) is 2.22. The molecule has 0 aromatic rings. The van der Waals surface area contributed by atoms with E-state index in [1.807, 2.05) is 0 Å². The van der Waals surface area contributed by atoms with Gasteiger partial charge in [0, 0.05) is 13.5 Å². The molecule has 1 fully saturated rings. The summed E-state index contributed by atoms with van der Waals surface area (Å²) in [5.41, 5.74) is -1.18. The summed E-state index contributed by atoms with van der Waals surface area (Å²) >= 11 is 0. The van der Waals surface area contributed by atoms with Crippen molar-refractivity contribution in [3.8, 4) is 0 Å². The quantitative estimate of drug-likeness (QED) is 0.613. The fourth-order valence-corrected chi connectivity index (χ4v) is 1.37. The van der Waals surface area contributed by atoms with E-state index >= 15 is 0 Å². The largest absolute Gasteiger partial charge is 0.382 e. The predicted octanol–water partition coefficient (Wildman–Crippen LogP) is 1.54. The van der Waals surface area contributed by atoms with Crippen LogP contribution in [0.3, 0.4) is 0 Å². The van der Waals surface area contributed by atoms with Gasteiger partial charge in [0.1, 0.15) is 5.67 Å².